The molecule has 1 saturated heterocycles. The fourth-order valence-electron chi connectivity index (χ4n) is 3.89. The fraction of sp³-hybridized carbons (Fsp3) is 0.304. The highest BCUT2D eigenvalue weighted by Crippen LogP contribution is 2.29. The van der Waals surface area contributed by atoms with Crippen molar-refractivity contribution in [2.45, 2.75) is 12.6 Å². The first-order valence-corrected chi connectivity index (χ1v) is 11.1. The average molecular weight is 486 g/mol. The predicted molar refractivity (Wildman–Crippen MR) is 127 cm³/mol. The van der Waals surface area contributed by atoms with E-state index in [0.29, 0.717) is 49.3 Å². The molecule has 11 heteroatoms. The molecule has 3 aromatic rings. The summed E-state index contributed by atoms with van der Waals surface area (Å²) in [5.74, 6) is 0.226. The fourth-order valence-corrected chi connectivity index (χ4v) is 4.13. The van der Waals surface area contributed by atoms with E-state index in [1.807, 2.05) is 18.2 Å². The number of nitrogen functional groups attached to an aromatic ring is 1. The van der Waals surface area contributed by atoms with Crippen LogP contribution in [0.25, 0.3) is 0 Å². The largest absolute Gasteiger partial charge is 0.468 e. The van der Waals surface area contributed by atoms with Gasteiger partial charge in [0.25, 0.3) is 0 Å². The topological polar surface area (TPSA) is 110 Å². The molecule has 0 amide bonds. The van der Waals surface area contributed by atoms with Gasteiger partial charge >= 0.3 is 5.97 Å². The lowest BCUT2D eigenvalue weighted by Crippen LogP contribution is -2.49. The normalized spacial score (nSPS) is 15.6. The molecule has 1 aliphatic rings. The van der Waals surface area contributed by atoms with Crippen LogP contribution in [0.15, 0.2) is 48.5 Å². The van der Waals surface area contributed by atoms with Crippen molar-refractivity contribution in [1.82, 2.24) is 24.8 Å². The number of carbonyl (C=O) groups is 1. The number of nitrogens with zero attached hydrogens (tertiary/aromatic N) is 5. The van der Waals surface area contributed by atoms with Crippen molar-refractivity contribution in [2.24, 2.45) is 0 Å². The van der Waals surface area contributed by atoms with E-state index in [9.17, 15) is 9.18 Å². The number of halogens is 2. The number of methoxy groups -OCH3 is 1. The van der Waals surface area contributed by atoms with Crippen molar-refractivity contribution in [3.63, 3.8) is 0 Å². The van der Waals surface area contributed by atoms with Gasteiger partial charge in [-0.15, -0.1) is 0 Å². The molecule has 34 heavy (non-hydrogen) atoms. The number of rotatable bonds is 7. The third-order valence-electron chi connectivity index (χ3n) is 5.56. The van der Waals surface area contributed by atoms with E-state index in [1.54, 1.807) is 18.2 Å². The highest BCUT2D eigenvalue weighted by Gasteiger charge is 2.32. The summed E-state index contributed by atoms with van der Waals surface area (Å²) >= 11 is 6.37. The zero-order valence-corrected chi connectivity index (χ0v) is 19.4. The van der Waals surface area contributed by atoms with Crippen molar-refractivity contribution in [3.8, 4) is 0 Å². The second kappa shape index (κ2) is 10.7. The Morgan fingerprint density at radius 1 is 1.12 bits per heavy atom. The molecule has 1 aromatic heterocycles. The minimum atomic E-state index is -0.569. The molecule has 1 fully saturated rings. The van der Waals surface area contributed by atoms with E-state index in [4.69, 9.17) is 22.1 Å². The van der Waals surface area contributed by atoms with E-state index in [-0.39, 0.29) is 23.7 Å². The quantitative estimate of drug-likeness (QED) is 0.488. The van der Waals surface area contributed by atoms with Crippen LogP contribution >= 0.6 is 11.6 Å². The van der Waals surface area contributed by atoms with Crippen LogP contribution in [-0.2, 0) is 16.1 Å². The molecule has 2 aromatic carbocycles. The first-order chi connectivity index (χ1) is 16.4. The minimum absolute atomic E-state index is 0.0951. The summed E-state index contributed by atoms with van der Waals surface area (Å²) in [5, 5.41) is 3.54. The van der Waals surface area contributed by atoms with Gasteiger partial charge in [0.1, 0.15) is 17.7 Å². The van der Waals surface area contributed by atoms with E-state index < -0.39 is 6.04 Å². The van der Waals surface area contributed by atoms with Crippen molar-refractivity contribution in [1.29, 1.82) is 0 Å². The highest BCUT2D eigenvalue weighted by molar-refractivity contribution is 6.31. The number of aromatic nitrogens is 3. The van der Waals surface area contributed by atoms with Crippen molar-refractivity contribution < 1.29 is 13.9 Å². The number of nitrogens with two attached hydrogens (primary N) is 1. The van der Waals surface area contributed by atoms with Gasteiger partial charge in [0.15, 0.2) is 0 Å². The number of piperazine rings is 1. The maximum atomic E-state index is 13.1. The molecule has 1 atom stereocenters. The molecule has 9 nitrogen and oxygen atoms in total. The molecule has 0 bridgehead atoms. The Hall–Kier alpha value is -3.34. The molecule has 4 rings (SSSR count). The molecule has 0 spiro atoms. The summed E-state index contributed by atoms with van der Waals surface area (Å²) in [6.07, 6.45) is 0. The van der Waals surface area contributed by atoms with E-state index >= 15 is 0 Å². The molecule has 178 valence electrons. The van der Waals surface area contributed by atoms with Gasteiger partial charge in [-0.2, -0.15) is 15.0 Å². The van der Waals surface area contributed by atoms with Crippen LogP contribution in [0, 0.1) is 5.82 Å². The summed E-state index contributed by atoms with van der Waals surface area (Å²) in [6.45, 7) is 3.10. The smallest absolute Gasteiger partial charge is 0.327 e. The molecule has 0 radical (unpaired) electrons. The monoisotopic (exact) mass is 485 g/mol. The maximum Gasteiger partial charge on any atom is 0.327 e. The highest BCUT2D eigenvalue weighted by atomic mass is 35.5. The molecule has 1 aliphatic heterocycles. The summed E-state index contributed by atoms with van der Waals surface area (Å²) < 4.78 is 18.2. The number of esters is 1. The van der Waals surface area contributed by atoms with Gasteiger partial charge in [-0.05, 0) is 35.9 Å². The lowest BCUT2D eigenvalue weighted by molar-refractivity contribution is -0.148. The van der Waals surface area contributed by atoms with E-state index in [1.165, 1.54) is 19.2 Å². The van der Waals surface area contributed by atoms with E-state index in [0.717, 1.165) is 5.56 Å². The standard InChI is InChI=1S/C23H25ClFN7O2/c1-34-21(33)20(17-4-2-3-5-18(17)24)32-12-10-31(11-13-32)14-19-28-22(26)30-23(29-19)27-16-8-6-15(25)7-9-16/h2-9,20H,10-14H2,1H3,(H3,26,27,28,29,30). The Morgan fingerprint density at radius 2 is 1.82 bits per heavy atom. The number of ether oxygens (including phenoxy) is 1. The Bertz CT molecular complexity index is 1140. The Balaban J connectivity index is 1.41. The SMILES string of the molecule is COC(=O)C(c1ccccc1Cl)N1CCN(Cc2nc(N)nc(Nc3ccc(F)cc3)n2)CC1. The van der Waals surface area contributed by atoms with Gasteiger partial charge in [0.2, 0.25) is 11.9 Å². The van der Waals surface area contributed by atoms with Gasteiger partial charge in [-0.3, -0.25) is 9.80 Å². The van der Waals surface area contributed by atoms with Crippen molar-refractivity contribution in [3.05, 3.63) is 70.8 Å². The lowest BCUT2D eigenvalue weighted by Gasteiger charge is -2.38. The first-order valence-electron chi connectivity index (χ1n) is 10.7. The third-order valence-corrected chi connectivity index (χ3v) is 5.90. The molecule has 0 saturated carbocycles. The Morgan fingerprint density at radius 3 is 2.50 bits per heavy atom. The molecule has 0 aliphatic carbocycles. The molecule has 1 unspecified atom stereocenters. The Kier molecular flexibility index (Phi) is 7.51. The van der Waals surface area contributed by atoms with Crippen molar-refractivity contribution in [2.75, 3.05) is 44.3 Å². The van der Waals surface area contributed by atoms with Crippen molar-refractivity contribution >= 4 is 35.2 Å². The number of nitrogens with one attached hydrogen (secondary N) is 1. The maximum absolute atomic E-state index is 13.1. The average Bonchev–Trinajstić information content (AvgIpc) is 2.82. The molecule has 3 N–H and O–H groups in total. The lowest BCUT2D eigenvalue weighted by atomic mass is 10.0. The molecule has 2 heterocycles. The second-order valence-corrected chi connectivity index (χ2v) is 8.23. The zero-order chi connectivity index (χ0) is 24.1. The second-order valence-electron chi connectivity index (χ2n) is 7.82. The number of benzene rings is 2. The number of carbonyl (C=O) groups excluding carboxylic acids is 1. The number of hydrogen-bond donors (Lipinski definition) is 2. The van der Waals surface area contributed by atoms with Gasteiger partial charge in [-0.25, -0.2) is 9.18 Å². The van der Waals surface area contributed by atoms with Crippen LogP contribution in [0.4, 0.5) is 22.0 Å². The van der Waals surface area contributed by atoms with Crippen LogP contribution in [-0.4, -0.2) is 64.0 Å². The van der Waals surface area contributed by atoms with Crippen LogP contribution in [0.2, 0.25) is 5.02 Å². The molecular formula is C23H25ClFN7O2. The third kappa shape index (κ3) is 5.77. The zero-order valence-electron chi connectivity index (χ0n) is 18.6. The summed E-state index contributed by atoms with van der Waals surface area (Å²) in [7, 11) is 1.38. The summed E-state index contributed by atoms with van der Waals surface area (Å²) in [5.41, 5.74) is 7.25. The van der Waals surface area contributed by atoms with Gasteiger partial charge in [0, 0.05) is 36.9 Å². The van der Waals surface area contributed by atoms with Crippen LogP contribution in [0.3, 0.4) is 0 Å². The number of hydrogen-bond acceptors (Lipinski definition) is 9. The van der Waals surface area contributed by atoms with Crippen LogP contribution in [0.1, 0.15) is 17.4 Å². The first kappa shape index (κ1) is 23.8. The van der Waals surface area contributed by atoms with Gasteiger partial charge in [0.05, 0.1) is 13.7 Å². The van der Waals surface area contributed by atoms with Crippen LogP contribution in [0.5, 0.6) is 0 Å². The van der Waals surface area contributed by atoms with Gasteiger partial charge < -0.3 is 15.8 Å². The molecular weight excluding hydrogens is 461 g/mol. The van der Waals surface area contributed by atoms with Crippen LogP contribution < -0.4 is 11.1 Å². The number of anilines is 3. The predicted octanol–water partition coefficient (Wildman–Crippen LogP) is 3.02. The van der Waals surface area contributed by atoms with E-state index in [2.05, 4.69) is 30.1 Å². The summed E-state index contributed by atoms with van der Waals surface area (Å²) in [6, 6.07) is 12.6. The minimum Gasteiger partial charge on any atom is -0.468 e. The Labute approximate surface area is 201 Å². The van der Waals surface area contributed by atoms with Gasteiger partial charge in [-0.1, -0.05) is 29.8 Å². The summed E-state index contributed by atoms with van der Waals surface area (Å²) in [4.78, 5) is 29.6.